The van der Waals surface area contributed by atoms with Crippen LogP contribution in [0.1, 0.15) is 5.56 Å². The molecule has 0 amide bonds. The van der Waals surface area contributed by atoms with Crippen LogP contribution in [0.5, 0.6) is 0 Å². The average Bonchev–Trinajstić information content (AvgIpc) is 2.45. The number of benzene rings is 1. The molecule has 8 heteroatoms. The van der Waals surface area contributed by atoms with Gasteiger partial charge in [-0.15, -0.1) is 24.0 Å². The molecule has 1 heterocycles. The number of sulfone groups is 1. The maximum absolute atomic E-state index is 11.5. The predicted octanol–water partition coefficient (Wildman–Crippen LogP) is 0.565. The molecule has 0 radical (unpaired) electrons. The predicted molar refractivity (Wildman–Crippen MR) is 98.4 cm³/mol. The van der Waals surface area contributed by atoms with Crippen LogP contribution in [0.25, 0.3) is 0 Å². The fourth-order valence-corrected chi connectivity index (χ4v) is 3.38. The molecule has 1 aromatic carbocycles. The van der Waals surface area contributed by atoms with Crippen LogP contribution in [-0.4, -0.2) is 51.7 Å². The number of hydrogen-bond acceptors (Lipinski definition) is 4. The van der Waals surface area contributed by atoms with Gasteiger partial charge in [-0.3, -0.25) is 4.99 Å². The van der Waals surface area contributed by atoms with Gasteiger partial charge in [0.05, 0.1) is 30.8 Å². The van der Waals surface area contributed by atoms with Gasteiger partial charge in [0.2, 0.25) is 0 Å². The van der Waals surface area contributed by atoms with Crippen molar-refractivity contribution in [3.8, 4) is 0 Å². The molecule has 1 atom stereocenters. The summed E-state index contributed by atoms with van der Waals surface area (Å²) < 4.78 is 28.3. The molecule has 1 fully saturated rings. The van der Waals surface area contributed by atoms with Crippen LogP contribution in [0, 0.1) is 0 Å². The zero-order chi connectivity index (χ0) is 15.1. The standard InChI is InChI=1S/C14H21N3O3S.HI/c15-14(16-7-6-12-4-2-1-3-5-12)17-10-13-11-21(18,19)9-8-20-13;/h1-5,13H,6-11H2,(H3,15,16,17);1H. The van der Waals surface area contributed by atoms with Crippen LogP contribution in [-0.2, 0) is 21.0 Å². The first-order valence-corrected chi connectivity index (χ1v) is 8.77. The lowest BCUT2D eigenvalue weighted by atomic mass is 10.1. The van der Waals surface area contributed by atoms with E-state index in [1.807, 2.05) is 18.2 Å². The van der Waals surface area contributed by atoms with Gasteiger partial charge in [0.1, 0.15) is 0 Å². The van der Waals surface area contributed by atoms with Crippen molar-refractivity contribution in [2.75, 3.05) is 31.2 Å². The van der Waals surface area contributed by atoms with E-state index in [2.05, 4.69) is 22.4 Å². The van der Waals surface area contributed by atoms with Crippen molar-refractivity contribution in [3.63, 3.8) is 0 Å². The number of nitrogens with one attached hydrogen (secondary N) is 1. The molecule has 6 nitrogen and oxygen atoms in total. The Morgan fingerprint density at radius 3 is 2.77 bits per heavy atom. The smallest absolute Gasteiger partial charge is 0.188 e. The molecule has 0 aromatic heterocycles. The van der Waals surface area contributed by atoms with Crippen LogP contribution < -0.4 is 11.1 Å². The van der Waals surface area contributed by atoms with E-state index >= 15 is 0 Å². The van der Waals surface area contributed by atoms with E-state index < -0.39 is 15.9 Å². The first kappa shape index (κ1) is 19.2. The highest BCUT2D eigenvalue weighted by molar-refractivity contribution is 14.0. The summed E-state index contributed by atoms with van der Waals surface area (Å²) in [5, 5.41) is 3.01. The number of ether oxygens (including phenoxy) is 1. The van der Waals surface area contributed by atoms with Crippen molar-refractivity contribution >= 4 is 39.8 Å². The Bertz CT molecular complexity index is 578. The van der Waals surface area contributed by atoms with Crippen LogP contribution in [0.3, 0.4) is 0 Å². The number of rotatable bonds is 5. The molecule has 1 aliphatic rings. The van der Waals surface area contributed by atoms with Crippen molar-refractivity contribution in [3.05, 3.63) is 35.9 Å². The topological polar surface area (TPSA) is 93.8 Å². The number of aliphatic imine (C=N–C) groups is 1. The minimum Gasteiger partial charge on any atom is -0.374 e. The van der Waals surface area contributed by atoms with E-state index in [-0.39, 0.29) is 48.6 Å². The molecule has 0 saturated carbocycles. The summed E-state index contributed by atoms with van der Waals surface area (Å²) in [5.41, 5.74) is 6.98. The Hall–Kier alpha value is -0.870. The van der Waals surface area contributed by atoms with Crippen LogP contribution in [0.4, 0.5) is 0 Å². The van der Waals surface area contributed by atoms with Crippen LogP contribution >= 0.6 is 24.0 Å². The van der Waals surface area contributed by atoms with Gasteiger partial charge in [0.15, 0.2) is 15.8 Å². The molecule has 3 N–H and O–H groups in total. The summed E-state index contributed by atoms with van der Waals surface area (Å²) >= 11 is 0. The minimum atomic E-state index is -2.99. The zero-order valence-electron chi connectivity index (χ0n) is 12.3. The molecule has 1 aromatic rings. The Morgan fingerprint density at radius 2 is 2.09 bits per heavy atom. The van der Waals surface area contributed by atoms with E-state index in [1.165, 1.54) is 5.56 Å². The Kier molecular flexibility index (Phi) is 8.12. The molecule has 0 spiro atoms. The third-order valence-corrected chi connectivity index (χ3v) is 4.88. The van der Waals surface area contributed by atoms with Gasteiger partial charge in [-0.05, 0) is 12.0 Å². The molecule has 22 heavy (non-hydrogen) atoms. The van der Waals surface area contributed by atoms with Crippen LogP contribution in [0.2, 0.25) is 0 Å². The first-order chi connectivity index (χ1) is 10.1. The van der Waals surface area contributed by atoms with Gasteiger partial charge < -0.3 is 15.8 Å². The van der Waals surface area contributed by atoms with Gasteiger partial charge in [0.25, 0.3) is 0 Å². The van der Waals surface area contributed by atoms with E-state index in [0.717, 1.165) is 6.42 Å². The average molecular weight is 439 g/mol. The lowest BCUT2D eigenvalue weighted by Gasteiger charge is -2.21. The monoisotopic (exact) mass is 439 g/mol. The summed E-state index contributed by atoms with van der Waals surface area (Å²) in [6.07, 6.45) is 0.462. The van der Waals surface area contributed by atoms with Gasteiger partial charge in [0, 0.05) is 6.54 Å². The highest BCUT2D eigenvalue weighted by Gasteiger charge is 2.25. The maximum Gasteiger partial charge on any atom is 0.188 e. The third kappa shape index (κ3) is 6.93. The second kappa shape index (κ2) is 9.31. The first-order valence-electron chi connectivity index (χ1n) is 6.95. The summed E-state index contributed by atoms with van der Waals surface area (Å²) in [5.74, 6) is 0.434. The van der Waals surface area contributed by atoms with Crippen molar-refractivity contribution in [2.24, 2.45) is 10.7 Å². The molecule has 1 saturated heterocycles. The Labute approximate surface area is 148 Å². The van der Waals surface area contributed by atoms with Crippen molar-refractivity contribution in [1.29, 1.82) is 0 Å². The fourth-order valence-electron chi connectivity index (χ4n) is 2.10. The summed E-state index contributed by atoms with van der Waals surface area (Å²) in [4.78, 5) is 4.14. The SMILES string of the molecule is I.NC(=NCC1CS(=O)(=O)CCO1)NCCc1ccccc1. The summed E-state index contributed by atoms with van der Waals surface area (Å²) in [6.45, 7) is 1.19. The van der Waals surface area contributed by atoms with Gasteiger partial charge in [-0.1, -0.05) is 30.3 Å². The lowest BCUT2D eigenvalue weighted by molar-refractivity contribution is 0.0783. The largest absolute Gasteiger partial charge is 0.374 e. The molecular weight excluding hydrogens is 417 g/mol. The van der Waals surface area contributed by atoms with E-state index in [0.29, 0.717) is 12.5 Å². The third-order valence-electron chi connectivity index (χ3n) is 3.22. The van der Waals surface area contributed by atoms with Crippen LogP contribution in [0.15, 0.2) is 35.3 Å². The highest BCUT2D eigenvalue weighted by atomic mass is 127. The number of hydrogen-bond donors (Lipinski definition) is 2. The fraction of sp³-hybridized carbons (Fsp3) is 0.500. The van der Waals surface area contributed by atoms with Crippen molar-refractivity contribution in [2.45, 2.75) is 12.5 Å². The number of nitrogens with two attached hydrogens (primary N) is 1. The molecule has 2 rings (SSSR count). The second-order valence-corrected chi connectivity index (χ2v) is 7.22. The van der Waals surface area contributed by atoms with E-state index in [1.54, 1.807) is 0 Å². The quantitative estimate of drug-likeness (QED) is 0.398. The van der Waals surface area contributed by atoms with Gasteiger partial charge in [-0.2, -0.15) is 0 Å². The zero-order valence-corrected chi connectivity index (χ0v) is 15.4. The Balaban J connectivity index is 0.00000242. The molecule has 1 aliphatic heterocycles. The van der Waals surface area contributed by atoms with E-state index in [4.69, 9.17) is 10.5 Å². The number of guanidine groups is 1. The second-order valence-electron chi connectivity index (χ2n) is 5.00. The van der Waals surface area contributed by atoms with Gasteiger partial charge in [-0.25, -0.2) is 8.42 Å². The number of halogens is 1. The summed E-state index contributed by atoms with van der Waals surface area (Å²) in [6, 6.07) is 10.1. The maximum atomic E-state index is 11.5. The molecule has 0 bridgehead atoms. The molecule has 1 unspecified atom stereocenters. The molecule has 124 valence electrons. The number of nitrogens with zero attached hydrogens (tertiary/aromatic N) is 1. The molecular formula is C14H22IN3O3S. The van der Waals surface area contributed by atoms with Crippen molar-refractivity contribution < 1.29 is 13.2 Å². The highest BCUT2D eigenvalue weighted by Crippen LogP contribution is 2.07. The van der Waals surface area contributed by atoms with Gasteiger partial charge >= 0.3 is 0 Å². The van der Waals surface area contributed by atoms with E-state index in [9.17, 15) is 8.42 Å². The van der Waals surface area contributed by atoms with Crippen molar-refractivity contribution in [1.82, 2.24) is 5.32 Å². The summed E-state index contributed by atoms with van der Waals surface area (Å²) in [7, 11) is -2.99. The lowest BCUT2D eigenvalue weighted by Crippen LogP contribution is -2.38. The molecule has 0 aliphatic carbocycles. The Morgan fingerprint density at radius 1 is 1.36 bits per heavy atom. The normalized spacial score (nSPS) is 20.9. The minimum absolute atomic E-state index is 0.